The van der Waals surface area contributed by atoms with Crippen LogP contribution in [0.15, 0.2) is 27.8 Å². The molecule has 1 heterocycles. The molecular weight excluding hydrogens is 433 g/mol. The number of hydrogen-bond donors (Lipinski definition) is 0. The normalized spacial score (nSPS) is 12.4. The van der Waals surface area contributed by atoms with E-state index in [1.807, 2.05) is 19.1 Å². The number of rotatable bonds is 14. The van der Waals surface area contributed by atoms with Crippen molar-refractivity contribution in [2.75, 3.05) is 6.54 Å². The Bertz CT molecular complexity index is 504. The molecule has 0 saturated heterocycles. The Hall–Kier alpha value is -0.781. The van der Waals surface area contributed by atoms with Crippen molar-refractivity contribution >= 4 is 30.5 Å². The number of aliphatic imine (C=N–C) groups is 1. The molecule has 0 aliphatic rings. The second-order valence-electron chi connectivity index (χ2n) is 7.16. The molecule has 5 heteroatoms. The molecule has 0 radical (unpaired) electrons. The molecule has 1 aromatic heterocycles. The van der Waals surface area contributed by atoms with E-state index in [4.69, 9.17) is 7.49 Å². The van der Waals surface area contributed by atoms with Gasteiger partial charge in [-0.15, -0.1) is 0 Å². The summed E-state index contributed by atoms with van der Waals surface area (Å²) in [7, 11) is 0. The van der Waals surface area contributed by atoms with Gasteiger partial charge in [0, 0.05) is 0 Å². The summed E-state index contributed by atoms with van der Waals surface area (Å²) in [4.78, 5) is 17.0. The van der Waals surface area contributed by atoms with E-state index in [0.717, 1.165) is 11.5 Å². The first kappa shape index (κ1) is 23.3. The second kappa shape index (κ2) is 13.4. The van der Waals surface area contributed by atoms with Crippen LogP contribution in [-0.4, -0.2) is 37.0 Å². The van der Waals surface area contributed by atoms with Crippen LogP contribution in [0.2, 0.25) is 13.3 Å². The topological polar surface area (TPSA) is 51.8 Å². The van der Waals surface area contributed by atoms with Crippen LogP contribution in [0.1, 0.15) is 78.4 Å². The molecule has 148 valence electrons. The van der Waals surface area contributed by atoms with Crippen molar-refractivity contribution in [3.63, 3.8) is 0 Å². The van der Waals surface area contributed by atoms with E-state index in [2.05, 4.69) is 25.8 Å². The Morgan fingerprint density at radius 2 is 1.65 bits per heavy atom. The minimum absolute atomic E-state index is 0.0277. The van der Waals surface area contributed by atoms with Crippen molar-refractivity contribution in [3.05, 3.63) is 24.2 Å². The molecule has 0 bridgehead atoms. The third kappa shape index (κ3) is 8.74. The summed E-state index contributed by atoms with van der Waals surface area (Å²) in [6.45, 7) is 9.07. The molecular formula is C21H37NO3Sn. The zero-order chi connectivity index (χ0) is 19.3. The summed E-state index contributed by atoms with van der Waals surface area (Å²) >= 11 is -2.83. The molecule has 0 N–H and O–H groups in total. The zero-order valence-electron chi connectivity index (χ0n) is 17.2. The van der Waals surface area contributed by atoms with Gasteiger partial charge < -0.3 is 0 Å². The fourth-order valence-corrected chi connectivity index (χ4v) is 16.4. The first-order chi connectivity index (χ1) is 12.6. The molecule has 0 aromatic carbocycles. The summed E-state index contributed by atoms with van der Waals surface area (Å²) in [6.07, 6.45) is 9.16. The van der Waals surface area contributed by atoms with Gasteiger partial charge in [0.25, 0.3) is 0 Å². The molecule has 4 nitrogen and oxygen atoms in total. The van der Waals surface area contributed by atoms with Crippen LogP contribution in [0.3, 0.4) is 0 Å². The van der Waals surface area contributed by atoms with E-state index in [0.29, 0.717) is 13.0 Å². The minimum atomic E-state index is -2.83. The predicted molar refractivity (Wildman–Crippen MR) is 111 cm³/mol. The average molecular weight is 470 g/mol. The van der Waals surface area contributed by atoms with Gasteiger partial charge in [-0.1, -0.05) is 0 Å². The molecule has 0 spiro atoms. The third-order valence-electron chi connectivity index (χ3n) is 4.83. The average Bonchev–Trinajstić information content (AvgIpc) is 3.17. The Labute approximate surface area is 164 Å². The maximum atomic E-state index is 12.6. The Morgan fingerprint density at radius 3 is 2.12 bits per heavy atom. The second-order valence-corrected chi connectivity index (χ2v) is 18.8. The SMILES string of the molecule is CCC[CH2][Sn]([CH2]CCC)([CH2]CCC)[O]C(=O)CCN=C(C)c1ccco1. The molecule has 1 aromatic rings. The van der Waals surface area contributed by atoms with Crippen LogP contribution in [-0.2, 0) is 7.87 Å². The molecule has 1 rings (SSSR count). The van der Waals surface area contributed by atoms with Crippen LogP contribution < -0.4 is 0 Å². The number of carbonyl (C=O) groups excluding carboxylic acids is 1. The molecule has 0 amide bonds. The summed E-state index contributed by atoms with van der Waals surface area (Å²) in [6, 6.07) is 3.74. The van der Waals surface area contributed by atoms with Gasteiger partial charge in [0.15, 0.2) is 0 Å². The Morgan fingerprint density at radius 1 is 1.08 bits per heavy atom. The van der Waals surface area contributed by atoms with Gasteiger partial charge in [0.05, 0.1) is 0 Å². The molecule has 26 heavy (non-hydrogen) atoms. The van der Waals surface area contributed by atoms with Crippen LogP contribution in [0.4, 0.5) is 0 Å². The van der Waals surface area contributed by atoms with Crippen LogP contribution in [0, 0.1) is 0 Å². The summed E-state index contributed by atoms with van der Waals surface area (Å²) in [5.41, 5.74) is 0.834. The van der Waals surface area contributed by atoms with Crippen LogP contribution >= 0.6 is 0 Å². The van der Waals surface area contributed by atoms with Gasteiger partial charge in [-0.2, -0.15) is 0 Å². The van der Waals surface area contributed by atoms with Crippen molar-refractivity contribution in [1.29, 1.82) is 0 Å². The van der Waals surface area contributed by atoms with E-state index in [1.54, 1.807) is 6.26 Å². The number of nitrogens with zero attached hydrogens (tertiary/aromatic N) is 1. The van der Waals surface area contributed by atoms with Crippen molar-refractivity contribution in [2.45, 2.75) is 86.0 Å². The van der Waals surface area contributed by atoms with Gasteiger partial charge in [-0.05, 0) is 0 Å². The number of unbranched alkanes of at least 4 members (excludes halogenated alkanes) is 3. The van der Waals surface area contributed by atoms with Crippen molar-refractivity contribution in [2.24, 2.45) is 4.99 Å². The van der Waals surface area contributed by atoms with E-state index in [9.17, 15) is 4.79 Å². The van der Waals surface area contributed by atoms with Gasteiger partial charge in [0.1, 0.15) is 0 Å². The molecule has 0 aliphatic heterocycles. The van der Waals surface area contributed by atoms with E-state index < -0.39 is 18.8 Å². The summed E-state index contributed by atoms with van der Waals surface area (Å²) < 4.78 is 15.2. The number of hydrogen-bond acceptors (Lipinski definition) is 4. The van der Waals surface area contributed by atoms with Gasteiger partial charge in [0.2, 0.25) is 0 Å². The monoisotopic (exact) mass is 471 g/mol. The quantitative estimate of drug-likeness (QED) is 0.235. The van der Waals surface area contributed by atoms with E-state index in [-0.39, 0.29) is 5.97 Å². The first-order valence-corrected chi connectivity index (χ1v) is 17.6. The standard InChI is InChI=1S/C9H11NO3.3C4H9.Sn/c1-7(8-3-2-6-13-8)10-5-4-9(11)12;3*1-3-4-2;/h2-3,6H,4-5H2,1H3,(H,11,12);3*1,3-4H2,2H3;/q;;;;+1/p-1. The number of furan rings is 1. The van der Waals surface area contributed by atoms with Gasteiger partial charge in [-0.25, -0.2) is 0 Å². The van der Waals surface area contributed by atoms with Crippen molar-refractivity contribution in [1.82, 2.24) is 0 Å². The zero-order valence-corrected chi connectivity index (χ0v) is 20.0. The van der Waals surface area contributed by atoms with E-state index in [1.165, 1.54) is 51.8 Å². The Kier molecular flexibility index (Phi) is 12.0. The van der Waals surface area contributed by atoms with E-state index >= 15 is 0 Å². The van der Waals surface area contributed by atoms with Gasteiger partial charge in [-0.3, -0.25) is 0 Å². The van der Waals surface area contributed by atoms with Crippen LogP contribution in [0.5, 0.6) is 0 Å². The van der Waals surface area contributed by atoms with Crippen molar-refractivity contribution < 1.29 is 12.3 Å². The maximum absolute atomic E-state index is 12.6. The molecule has 0 fully saturated rings. The number of carbonyl (C=O) groups is 1. The van der Waals surface area contributed by atoms with Crippen molar-refractivity contribution in [3.8, 4) is 0 Å². The summed E-state index contributed by atoms with van der Waals surface area (Å²) in [5.74, 6) is 0.737. The third-order valence-corrected chi connectivity index (χ3v) is 17.5. The fraction of sp³-hybridized carbons (Fsp3) is 0.714. The van der Waals surface area contributed by atoms with Crippen LogP contribution in [0.25, 0.3) is 0 Å². The molecule has 0 atom stereocenters. The first-order valence-electron chi connectivity index (χ1n) is 10.3. The Balaban J connectivity index is 2.64. The van der Waals surface area contributed by atoms with Gasteiger partial charge >= 0.3 is 164 Å². The predicted octanol–water partition coefficient (Wildman–Crippen LogP) is 6.37. The fourth-order valence-electron chi connectivity index (χ4n) is 3.19. The molecule has 0 saturated carbocycles. The summed E-state index contributed by atoms with van der Waals surface area (Å²) in [5, 5.41) is 0. The molecule has 0 unspecified atom stereocenters. The molecule has 0 aliphatic carbocycles.